The number of carbonyl (C=O) groups is 1. The smallest absolute Gasteiger partial charge is 0.293 e. The van der Waals surface area contributed by atoms with Crippen molar-refractivity contribution >= 4 is 17.2 Å². The molecule has 0 aliphatic carbocycles. The van der Waals surface area contributed by atoms with E-state index in [1.165, 1.54) is 19.1 Å². The van der Waals surface area contributed by atoms with Crippen LogP contribution in [0, 0.1) is 17.0 Å². The number of rotatable bonds is 6. The maximum Gasteiger partial charge on any atom is 0.293 e. The summed E-state index contributed by atoms with van der Waals surface area (Å²) in [5, 5.41) is 20.7. The Labute approximate surface area is 120 Å². The number of ketones is 1. The molecule has 0 bridgehead atoms. The molecule has 8 nitrogen and oxygen atoms in total. The number of nitro benzene ring substituents is 1. The van der Waals surface area contributed by atoms with Crippen LogP contribution >= 0.6 is 0 Å². The van der Waals surface area contributed by atoms with Gasteiger partial charge in [-0.15, -0.1) is 0 Å². The number of aryl methyl sites for hydroxylation is 1. The van der Waals surface area contributed by atoms with Crippen LogP contribution in [-0.2, 0) is 6.42 Å². The van der Waals surface area contributed by atoms with E-state index >= 15 is 0 Å². The fourth-order valence-corrected chi connectivity index (χ4v) is 1.86. The molecule has 21 heavy (non-hydrogen) atoms. The second kappa shape index (κ2) is 6.12. The Bertz CT molecular complexity index is 680. The summed E-state index contributed by atoms with van der Waals surface area (Å²) >= 11 is 0. The molecule has 8 heteroatoms. The summed E-state index contributed by atoms with van der Waals surface area (Å²) in [6.07, 6.45) is 0.538. The number of aromatic amines is 1. The summed E-state index contributed by atoms with van der Waals surface area (Å²) in [4.78, 5) is 26.0. The van der Waals surface area contributed by atoms with Gasteiger partial charge < -0.3 is 5.32 Å². The lowest BCUT2D eigenvalue weighted by Gasteiger charge is -2.06. The minimum absolute atomic E-state index is 0.117. The van der Waals surface area contributed by atoms with Gasteiger partial charge in [-0.05, 0) is 26.0 Å². The van der Waals surface area contributed by atoms with E-state index in [1.807, 2.05) is 0 Å². The maximum atomic E-state index is 11.3. The van der Waals surface area contributed by atoms with Crippen molar-refractivity contribution in [3.63, 3.8) is 0 Å². The van der Waals surface area contributed by atoms with Crippen molar-refractivity contribution in [1.82, 2.24) is 15.2 Å². The molecule has 2 N–H and O–H groups in total. The number of benzene rings is 1. The van der Waals surface area contributed by atoms with Gasteiger partial charge in [0.1, 0.15) is 11.5 Å². The van der Waals surface area contributed by atoms with Crippen molar-refractivity contribution in [2.75, 3.05) is 11.9 Å². The third-order valence-corrected chi connectivity index (χ3v) is 2.91. The molecule has 2 aromatic rings. The number of aromatic nitrogens is 3. The van der Waals surface area contributed by atoms with Gasteiger partial charge in [0.05, 0.1) is 4.92 Å². The van der Waals surface area contributed by atoms with Gasteiger partial charge in [-0.3, -0.25) is 20.0 Å². The van der Waals surface area contributed by atoms with E-state index in [1.54, 1.807) is 13.0 Å². The van der Waals surface area contributed by atoms with Crippen LogP contribution in [0.3, 0.4) is 0 Å². The van der Waals surface area contributed by atoms with Gasteiger partial charge in [-0.25, -0.2) is 4.98 Å². The fraction of sp³-hybridized carbons (Fsp3) is 0.308. The van der Waals surface area contributed by atoms with Crippen molar-refractivity contribution in [1.29, 1.82) is 0 Å². The Morgan fingerprint density at radius 1 is 1.48 bits per heavy atom. The average molecular weight is 289 g/mol. The zero-order valence-electron chi connectivity index (χ0n) is 11.7. The van der Waals surface area contributed by atoms with E-state index in [0.717, 1.165) is 5.82 Å². The summed E-state index contributed by atoms with van der Waals surface area (Å²) in [5.74, 6) is 1.16. The molecule has 0 spiro atoms. The average Bonchev–Trinajstić information content (AvgIpc) is 2.84. The Balaban J connectivity index is 2.08. The standard InChI is InChI=1S/C13H15N5O3/c1-8(19)10-3-4-11(12(7-10)18(20)21)14-6-5-13-15-9(2)16-17-13/h3-4,7,14H,5-6H2,1-2H3,(H,15,16,17). The molecular formula is C13H15N5O3. The topological polar surface area (TPSA) is 114 Å². The van der Waals surface area contributed by atoms with Crippen LogP contribution in [0.1, 0.15) is 28.9 Å². The predicted molar refractivity (Wildman–Crippen MR) is 76.4 cm³/mol. The van der Waals surface area contributed by atoms with Gasteiger partial charge in [0.25, 0.3) is 5.69 Å². The molecule has 1 heterocycles. The largest absolute Gasteiger partial charge is 0.379 e. The number of nitrogens with one attached hydrogen (secondary N) is 2. The quantitative estimate of drug-likeness (QED) is 0.476. The highest BCUT2D eigenvalue weighted by Crippen LogP contribution is 2.25. The predicted octanol–water partition coefficient (Wildman–Crippen LogP) is 1.88. The molecule has 0 fully saturated rings. The molecule has 0 atom stereocenters. The second-order valence-corrected chi connectivity index (χ2v) is 4.56. The SMILES string of the molecule is CC(=O)c1ccc(NCCc2n[nH]c(C)n2)c([N+](=O)[O-])c1. The first-order valence-electron chi connectivity index (χ1n) is 6.38. The Morgan fingerprint density at radius 3 is 2.81 bits per heavy atom. The number of anilines is 1. The number of nitro groups is 1. The Kier molecular flexibility index (Phi) is 4.27. The van der Waals surface area contributed by atoms with Crippen LogP contribution < -0.4 is 5.32 Å². The van der Waals surface area contributed by atoms with Crippen LogP contribution in [0.5, 0.6) is 0 Å². The number of hydrogen-bond donors (Lipinski definition) is 2. The molecule has 0 saturated carbocycles. The first-order chi connectivity index (χ1) is 9.97. The first-order valence-corrected chi connectivity index (χ1v) is 6.38. The number of hydrogen-bond acceptors (Lipinski definition) is 6. The molecular weight excluding hydrogens is 274 g/mol. The minimum Gasteiger partial charge on any atom is -0.379 e. The summed E-state index contributed by atoms with van der Waals surface area (Å²) in [6, 6.07) is 4.38. The molecule has 110 valence electrons. The van der Waals surface area contributed by atoms with Crippen molar-refractivity contribution in [3.05, 3.63) is 45.5 Å². The van der Waals surface area contributed by atoms with Crippen LogP contribution in [0.25, 0.3) is 0 Å². The summed E-state index contributed by atoms with van der Waals surface area (Å²) in [5.41, 5.74) is 0.572. The number of carbonyl (C=O) groups excluding carboxylic acids is 1. The van der Waals surface area contributed by atoms with E-state index in [4.69, 9.17) is 0 Å². The Morgan fingerprint density at radius 2 is 2.24 bits per heavy atom. The van der Waals surface area contributed by atoms with Crippen molar-refractivity contribution in [3.8, 4) is 0 Å². The molecule has 0 aliphatic heterocycles. The van der Waals surface area contributed by atoms with Crippen LogP contribution in [0.2, 0.25) is 0 Å². The van der Waals surface area contributed by atoms with Gasteiger partial charge in [-0.1, -0.05) is 0 Å². The van der Waals surface area contributed by atoms with Crippen molar-refractivity contribution in [2.45, 2.75) is 20.3 Å². The van der Waals surface area contributed by atoms with Crippen LogP contribution in [0.4, 0.5) is 11.4 Å². The maximum absolute atomic E-state index is 11.3. The lowest BCUT2D eigenvalue weighted by molar-refractivity contribution is -0.384. The third kappa shape index (κ3) is 3.62. The first kappa shape index (κ1) is 14.6. The summed E-state index contributed by atoms with van der Waals surface area (Å²) in [6.45, 7) is 3.63. The number of Topliss-reactive ketones (excluding diaryl/α,β-unsaturated/α-hetero) is 1. The number of H-pyrrole nitrogens is 1. The second-order valence-electron chi connectivity index (χ2n) is 4.56. The van der Waals surface area contributed by atoms with E-state index in [0.29, 0.717) is 30.0 Å². The van der Waals surface area contributed by atoms with Gasteiger partial charge in [0.2, 0.25) is 0 Å². The molecule has 0 unspecified atom stereocenters. The normalized spacial score (nSPS) is 10.4. The highest BCUT2D eigenvalue weighted by molar-refractivity contribution is 5.95. The fourth-order valence-electron chi connectivity index (χ4n) is 1.86. The Hall–Kier alpha value is -2.77. The van der Waals surface area contributed by atoms with Gasteiger partial charge in [0.15, 0.2) is 11.6 Å². The van der Waals surface area contributed by atoms with E-state index < -0.39 is 4.92 Å². The highest BCUT2D eigenvalue weighted by Gasteiger charge is 2.16. The molecule has 0 saturated heterocycles. The van der Waals surface area contributed by atoms with Crippen LogP contribution in [0.15, 0.2) is 18.2 Å². The van der Waals surface area contributed by atoms with Gasteiger partial charge >= 0.3 is 0 Å². The zero-order chi connectivity index (χ0) is 15.4. The van der Waals surface area contributed by atoms with E-state index in [2.05, 4.69) is 20.5 Å². The van der Waals surface area contributed by atoms with Gasteiger partial charge in [0, 0.05) is 24.6 Å². The summed E-state index contributed by atoms with van der Waals surface area (Å²) < 4.78 is 0. The zero-order valence-corrected chi connectivity index (χ0v) is 11.7. The molecule has 1 aromatic heterocycles. The van der Waals surface area contributed by atoms with E-state index in [9.17, 15) is 14.9 Å². The van der Waals surface area contributed by atoms with Crippen molar-refractivity contribution in [2.24, 2.45) is 0 Å². The van der Waals surface area contributed by atoms with Crippen molar-refractivity contribution < 1.29 is 9.72 Å². The molecule has 1 aromatic carbocycles. The minimum atomic E-state index is -0.508. The monoisotopic (exact) mass is 289 g/mol. The molecule has 0 amide bonds. The van der Waals surface area contributed by atoms with Crippen LogP contribution in [-0.4, -0.2) is 32.4 Å². The summed E-state index contributed by atoms with van der Waals surface area (Å²) in [7, 11) is 0. The van der Waals surface area contributed by atoms with E-state index in [-0.39, 0.29) is 11.5 Å². The molecule has 0 aliphatic rings. The lowest BCUT2D eigenvalue weighted by Crippen LogP contribution is -2.08. The lowest BCUT2D eigenvalue weighted by atomic mass is 10.1. The molecule has 2 rings (SSSR count). The number of nitrogens with zero attached hydrogens (tertiary/aromatic N) is 3. The van der Waals surface area contributed by atoms with Gasteiger partial charge in [-0.2, -0.15) is 5.10 Å². The highest BCUT2D eigenvalue weighted by atomic mass is 16.6. The molecule has 0 radical (unpaired) electrons. The third-order valence-electron chi connectivity index (χ3n) is 2.91.